The fraction of sp³-hybridized carbons (Fsp3) is 0.364. The van der Waals surface area contributed by atoms with E-state index in [0.29, 0.717) is 32.7 Å². The van der Waals surface area contributed by atoms with E-state index in [0.717, 1.165) is 16.7 Å². The lowest BCUT2D eigenvalue weighted by Gasteiger charge is -2.46. The third-order valence-corrected chi connectivity index (χ3v) is 6.82. The fourth-order valence-electron chi connectivity index (χ4n) is 4.71. The molecule has 0 saturated carbocycles. The van der Waals surface area contributed by atoms with Gasteiger partial charge in [-0.1, -0.05) is 97.1 Å². The van der Waals surface area contributed by atoms with Crippen LogP contribution in [0.15, 0.2) is 104 Å². The molecule has 5 atom stereocenters. The fourth-order valence-corrected chi connectivity index (χ4v) is 4.71. The number of hydrogen-bond acceptors (Lipinski definition) is 6. The highest BCUT2D eigenvalue weighted by Crippen LogP contribution is 2.29. The summed E-state index contributed by atoms with van der Waals surface area (Å²) in [5.41, 5.74) is 3.09. The largest absolute Gasteiger partial charge is 0.394 e. The molecule has 0 bridgehead atoms. The molecule has 0 aliphatic carbocycles. The highest BCUT2D eigenvalue weighted by molar-refractivity contribution is 5.76. The van der Waals surface area contributed by atoms with Crippen molar-refractivity contribution in [1.82, 2.24) is 5.32 Å². The second-order valence-corrected chi connectivity index (χ2v) is 9.77. The Kier molecular flexibility index (Phi) is 11.9. The lowest BCUT2D eigenvalue weighted by molar-refractivity contribution is -0.287. The highest BCUT2D eigenvalue weighted by Gasteiger charge is 2.48. The van der Waals surface area contributed by atoms with Crippen LogP contribution in [0.5, 0.6) is 0 Å². The summed E-state index contributed by atoms with van der Waals surface area (Å²) < 4.78 is 25.3. The second kappa shape index (κ2) is 16.1. The molecule has 2 N–H and O–H groups in total. The van der Waals surface area contributed by atoms with Gasteiger partial charge in [-0.05, 0) is 29.5 Å². The molecule has 1 fully saturated rings. The minimum absolute atomic E-state index is 0.164. The maximum Gasteiger partial charge on any atom is 0.220 e. The van der Waals surface area contributed by atoms with Gasteiger partial charge < -0.3 is 29.4 Å². The Labute approximate surface area is 236 Å². The summed E-state index contributed by atoms with van der Waals surface area (Å²) in [6, 6.07) is 28.9. The van der Waals surface area contributed by atoms with E-state index in [9.17, 15) is 9.90 Å². The minimum atomic E-state index is -0.842. The Morgan fingerprint density at radius 3 is 1.93 bits per heavy atom. The molecular weight excluding hydrogens is 506 g/mol. The Hall–Kier alpha value is -3.33. The molecule has 4 rings (SSSR count). The van der Waals surface area contributed by atoms with E-state index < -0.39 is 30.6 Å². The van der Waals surface area contributed by atoms with Crippen LogP contribution in [-0.4, -0.2) is 54.9 Å². The molecule has 0 radical (unpaired) electrons. The number of carbonyl (C=O) groups excluding carboxylic acids is 1. The van der Waals surface area contributed by atoms with Gasteiger partial charge in [0.05, 0.1) is 26.4 Å². The molecule has 1 saturated heterocycles. The van der Waals surface area contributed by atoms with Crippen LogP contribution in [0, 0.1) is 0 Å². The molecule has 40 heavy (non-hydrogen) atoms. The zero-order valence-electron chi connectivity index (χ0n) is 22.8. The van der Waals surface area contributed by atoms with Gasteiger partial charge in [0.2, 0.25) is 5.91 Å². The first kappa shape index (κ1) is 29.6. The lowest BCUT2D eigenvalue weighted by atomic mass is 9.95. The van der Waals surface area contributed by atoms with E-state index in [2.05, 4.69) is 11.9 Å². The first-order valence-electron chi connectivity index (χ1n) is 13.8. The number of benzene rings is 3. The molecule has 0 aromatic heterocycles. The number of aliphatic hydroxyl groups is 1. The maximum atomic E-state index is 13.0. The molecule has 1 amide bonds. The van der Waals surface area contributed by atoms with E-state index in [4.69, 9.17) is 18.9 Å². The number of amides is 1. The van der Waals surface area contributed by atoms with Gasteiger partial charge >= 0.3 is 0 Å². The van der Waals surface area contributed by atoms with Crippen molar-refractivity contribution >= 4 is 5.91 Å². The first-order chi connectivity index (χ1) is 19.7. The number of carbonyl (C=O) groups is 1. The zero-order valence-corrected chi connectivity index (χ0v) is 22.8. The van der Waals surface area contributed by atoms with Gasteiger partial charge in [-0.3, -0.25) is 4.79 Å². The van der Waals surface area contributed by atoms with Crippen LogP contribution in [0.4, 0.5) is 0 Å². The van der Waals surface area contributed by atoms with Crippen molar-refractivity contribution in [2.24, 2.45) is 0 Å². The van der Waals surface area contributed by atoms with Crippen molar-refractivity contribution in [3.63, 3.8) is 0 Å². The van der Waals surface area contributed by atoms with E-state index in [1.54, 1.807) is 6.08 Å². The predicted octanol–water partition coefficient (Wildman–Crippen LogP) is 4.58. The van der Waals surface area contributed by atoms with E-state index in [-0.39, 0.29) is 18.9 Å². The van der Waals surface area contributed by atoms with Crippen LogP contribution in [0.2, 0.25) is 0 Å². The van der Waals surface area contributed by atoms with Crippen molar-refractivity contribution in [3.8, 4) is 0 Å². The number of hydrogen-bond donors (Lipinski definition) is 2. The van der Waals surface area contributed by atoms with Crippen LogP contribution in [0.25, 0.3) is 0 Å². The van der Waals surface area contributed by atoms with Crippen molar-refractivity contribution < 1.29 is 28.8 Å². The quantitative estimate of drug-likeness (QED) is 0.272. The summed E-state index contributed by atoms with van der Waals surface area (Å²) in [5, 5.41) is 13.4. The molecule has 3 aromatic carbocycles. The number of rotatable bonds is 15. The third-order valence-electron chi connectivity index (χ3n) is 6.82. The van der Waals surface area contributed by atoms with E-state index in [1.165, 1.54) is 0 Å². The molecule has 3 aromatic rings. The molecule has 0 unspecified atom stereocenters. The summed E-state index contributed by atoms with van der Waals surface area (Å²) in [4.78, 5) is 13.0. The van der Waals surface area contributed by atoms with Crippen molar-refractivity contribution in [2.45, 2.75) is 63.1 Å². The zero-order chi connectivity index (χ0) is 28.0. The molecule has 1 aliphatic rings. The Morgan fingerprint density at radius 2 is 1.38 bits per heavy atom. The average molecular weight is 546 g/mol. The van der Waals surface area contributed by atoms with Crippen LogP contribution < -0.4 is 5.32 Å². The maximum absolute atomic E-state index is 13.0. The Balaban J connectivity index is 1.57. The molecular formula is C33H39NO6. The number of allylic oxidation sites excluding steroid dienone is 1. The summed E-state index contributed by atoms with van der Waals surface area (Å²) in [6.45, 7) is 4.40. The molecule has 0 spiro atoms. The Morgan fingerprint density at radius 1 is 0.825 bits per heavy atom. The van der Waals surface area contributed by atoms with E-state index in [1.807, 2.05) is 91.0 Å². The summed E-state index contributed by atoms with van der Waals surface area (Å²) >= 11 is 0. The van der Waals surface area contributed by atoms with Crippen molar-refractivity contribution in [1.29, 1.82) is 0 Å². The van der Waals surface area contributed by atoms with Gasteiger partial charge in [0.1, 0.15) is 24.4 Å². The van der Waals surface area contributed by atoms with Crippen molar-refractivity contribution in [2.75, 3.05) is 13.2 Å². The minimum Gasteiger partial charge on any atom is -0.394 e. The summed E-state index contributed by atoms with van der Waals surface area (Å²) in [5.74, 6) is -0.164. The predicted molar refractivity (Wildman–Crippen MR) is 153 cm³/mol. The van der Waals surface area contributed by atoms with Gasteiger partial charge in [0.25, 0.3) is 0 Å². The second-order valence-electron chi connectivity index (χ2n) is 9.77. The summed E-state index contributed by atoms with van der Waals surface area (Å²) in [6.07, 6.45) is 0.338. The molecule has 1 heterocycles. The van der Waals surface area contributed by atoms with Crippen LogP contribution in [0.1, 0.15) is 29.5 Å². The topological polar surface area (TPSA) is 86.3 Å². The lowest BCUT2D eigenvalue weighted by Crippen LogP contribution is -2.66. The number of ether oxygens (including phenoxy) is 4. The smallest absolute Gasteiger partial charge is 0.220 e. The molecule has 7 nitrogen and oxygen atoms in total. The number of nitrogens with one attached hydrogen (secondary N) is 1. The van der Waals surface area contributed by atoms with E-state index >= 15 is 0 Å². The SMILES string of the molecule is C=CCCC(=O)N[C@H]1[C@@H](OCCc2ccccc2)O[C@H](CO)[C@@H](OCc2ccccc2)[C@@H]1OCc1ccccc1. The summed E-state index contributed by atoms with van der Waals surface area (Å²) in [7, 11) is 0. The van der Waals surface area contributed by atoms with Crippen LogP contribution in [0.3, 0.4) is 0 Å². The Bertz CT molecular complexity index is 1140. The van der Waals surface area contributed by atoms with Crippen molar-refractivity contribution in [3.05, 3.63) is 120 Å². The monoisotopic (exact) mass is 545 g/mol. The standard InChI is InChI=1S/C33H39NO6/c1-2-3-19-29(36)34-30-32(39-24-27-17-11-6-12-18-27)31(38-23-26-15-9-5-10-16-26)28(22-35)40-33(30)37-21-20-25-13-7-4-8-14-25/h2,4-18,28,30-33,35H,1,3,19-24H2,(H,34,36)/t28-,30-,31-,32-,33+/m1/s1. The third kappa shape index (κ3) is 8.84. The van der Waals surface area contributed by atoms with Crippen LogP contribution >= 0.6 is 0 Å². The van der Waals surface area contributed by atoms with Gasteiger partial charge in [-0.15, -0.1) is 6.58 Å². The van der Waals surface area contributed by atoms with Gasteiger partial charge in [0.15, 0.2) is 6.29 Å². The normalized spacial score (nSPS) is 22.5. The highest BCUT2D eigenvalue weighted by atomic mass is 16.7. The number of aliphatic hydroxyl groups excluding tert-OH is 1. The molecule has 1 aliphatic heterocycles. The van der Waals surface area contributed by atoms with Gasteiger partial charge in [0, 0.05) is 6.42 Å². The average Bonchev–Trinajstić information content (AvgIpc) is 3.00. The van der Waals surface area contributed by atoms with Gasteiger partial charge in [-0.2, -0.15) is 0 Å². The molecule has 212 valence electrons. The first-order valence-corrected chi connectivity index (χ1v) is 13.8. The molecule has 7 heteroatoms. The van der Waals surface area contributed by atoms with Crippen LogP contribution in [-0.2, 0) is 43.4 Å². The van der Waals surface area contributed by atoms with Gasteiger partial charge in [-0.25, -0.2) is 0 Å².